The number of aromatic nitrogens is 3. The molecule has 0 unspecified atom stereocenters. The third-order valence-electron chi connectivity index (χ3n) is 4.01. The highest BCUT2D eigenvalue weighted by Gasteiger charge is 2.13. The number of nitrogens with zero attached hydrogens (tertiary/aromatic N) is 3. The highest BCUT2D eigenvalue weighted by atomic mass is 79.9. The summed E-state index contributed by atoms with van der Waals surface area (Å²) in [5, 5.41) is 14.7. The van der Waals surface area contributed by atoms with Gasteiger partial charge < -0.3 is 21.2 Å². The molecule has 1 amide bonds. The van der Waals surface area contributed by atoms with E-state index in [1.807, 2.05) is 49.4 Å². The Labute approximate surface area is 181 Å². The van der Waals surface area contributed by atoms with E-state index in [-0.39, 0.29) is 11.7 Å². The second kappa shape index (κ2) is 9.66. The number of benzene rings is 2. The molecule has 0 aliphatic carbocycles. The minimum absolute atomic E-state index is 0.152. The van der Waals surface area contributed by atoms with Crippen LogP contribution in [0.3, 0.4) is 0 Å². The second-order valence-corrected chi connectivity index (χ2v) is 7.97. The molecule has 2 aromatic carbocycles. The fourth-order valence-corrected chi connectivity index (χ4v) is 3.72. The molecule has 1 heterocycles. The smallest absolute Gasteiger partial charge is 0.234 e. The lowest BCUT2D eigenvalue weighted by molar-refractivity contribution is -0.113. The molecule has 152 valence electrons. The van der Waals surface area contributed by atoms with E-state index in [9.17, 15) is 4.79 Å². The van der Waals surface area contributed by atoms with Crippen molar-refractivity contribution in [2.24, 2.45) is 0 Å². The minimum Gasteiger partial charge on any atom is -0.497 e. The van der Waals surface area contributed by atoms with E-state index in [2.05, 4.69) is 36.8 Å². The van der Waals surface area contributed by atoms with Crippen LogP contribution in [-0.2, 0) is 11.3 Å². The lowest BCUT2D eigenvalue weighted by atomic mass is 10.2. The third kappa shape index (κ3) is 5.64. The predicted molar refractivity (Wildman–Crippen MR) is 119 cm³/mol. The second-order valence-electron chi connectivity index (χ2n) is 6.17. The Hall–Kier alpha value is -2.72. The first-order valence-corrected chi connectivity index (χ1v) is 10.5. The van der Waals surface area contributed by atoms with E-state index in [4.69, 9.17) is 10.6 Å². The summed E-state index contributed by atoms with van der Waals surface area (Å²) in [7, 11) is 1.62. The molecule has 0 atom stereocenters. The normalized spacial score (nSPS) is 10.6. The van der Waals surface area contributed by atoms with Crippen molar-refractivity contribution in [2.75, 3.05) is 29.3 Å². The summed E-state index contributed by atoms with van der Waals surface area (Å²) in [6, 6.07) is 13.3. The minimum atomic E-state index is -0.152. The highest BCUT2D eigenvalue weighted by Crippen LogP contribution is 2.24. The molecule has 10 heteroatoms. The number of thioether (sulfide) groups is 1. The van der Waals surface area contributed by atoms with Crippen LogP contribution in [0.5, 0.6) is 5.75 Å². The van der Waals surface area contributed by atoms with Gasteiger partial charge in [-0.1, -0.05) is 17.8 Å². The number of halogens is 1. The number of hydrogen-bond acceptors (Lipinski definition) is 7. The number of nitrogens with one attached hydrogen (secondary N) is 2. The van der Waals surface area contributed by atoms with Crippen molar-refractivity contribution >= 4 is 45.0 Å². The maximum atomic E-state index is 12.2. The van der Waals surface area contributed by atoms with Crippen molar-refractivity contribution in [3.63, 3.8) is 0 Å². The van der Waals surface area contributed by atoms with E-state index in [1.165, 1.54) is 16.4 Å². The molecule has 0 fully saturated rings. The van der Waals surface area contributed by atoms with Crippen LogP contribution < -0.4 is 21.2 Å². The summed E-state index contributed by atoms with van der Waals surface area (Å²) in [4.78, 5) is 12.2. The first-order chi connectivity index (χ1) is 14.0. The molecule has 0 aliphatic heterocycles. The van der Waals surface area contributed by atoms with Gasteiger partial charge in [-0.15, -0.1) is 10.2 Å². The Bertz CT molecular complexity index is 993. The molecule has 4 N–H and O–H groups in total. The Morgan fingerprint density at radius 2 is 2.00 bits per heavy atom. The maximum Gasteiger partial charge on any atom is 0.234 e. The number of carbonyl (C=O) groups excluding carboxylic acids is 1. The van der Waals surface area contributed by atoms with Crippen LogP contribution in [0.1, 0.15) is 11.4 Å². The summed E-state index contributed by atoms with van der Waals surface area (Å²) in [6.45, 7) is 2.39. The number of carbonyl (C=O) groups is 1. The topological polar surface area (TPSA) is 107 Å². The average molecular weight is 477 g/mol. The van der Waals surface area contributed by atoms with Crippen LogP contribution in [0.15, 0.2) is 52.1 Å². The summed E-state index contributed by atoms with van der Waals surface area (Å²) in [6.07, 6.45) is 0. The molecular formula is C19H21BrN6O2S. The van der Waals surface area contributed by atoms with Crippen LogP contribution in [0.4, 0.5) is 11.4 Å². The van der Waals surface area contributed by atoms with Gasteiger partial charge in [-0.3, -0.25) is 4.79 Å². The van der Waals surface area contributed by atoms with Gasteiger partial charge in [-0.25, -0.2) is 4.68 Å². The average Bonchev–Trinajstić information content (AvgIpc) is 3.07. The number of anilines is 2. The Kier molecular flexibility index (Phi) is 6.99. The summed E-state index contributed by atoms with van der Waals surface area (Å²) in [5.41, 5.74) is 2.74. The van der Waals surface area contributed by atoms with Gasteiger partial charge in [0.2, 0.25) is 11.1 Å². The molecule has 3 rings (SSSR count). The summed E-state index contributed by atoms with van der Waals surface area (Å²) in [5.74, 6) is 7.42. The fraction of sp³-hybridized carbons (Fsp3) is 0.211. The number of nitrogens with two attached hydrogens (primary N) is 1. The Morgan fingerprint density at radius 3 is 2.69 bits per heavy atom. The van der Waals surface area contributed by atoms with E-state index in [0.717, 1.165) is 27.2 Å². The highest BCUT2D eigenvalue weighted by molar-refractivity contribution is 9.10. The molecule has 0 radical (unpaired) electrons. The van der Waals surface area contributed by atoms with Gasteiger partial charge in [0.25, 0.3) is 0 Å². The fourth-order valence-electron chi connectivity index (χ4n) is 2.45. The van der Waals surface area contributed by atoms with Crippen LogP contribution in [-0.4, -0.2) is 33.6 Å². The van der Waals surface area contributed by atoms with Gasteiger partial charge in [0.15, 0.2) is 5.82 Å². The SMILES string of the molecule is COc1ccc(NCc2nnc(SCC(=O)Nc3ccc(C)cc3Br)n2N)cc1. The van der Waals surface area contributed by atoms with E-state index < -0.39 is 0 Å². The lowest BCUT2D eigenvalue weighted by Gasteiger charge is -2.08. The molecule has 0 saturated carbocycles. The molecular weight excluding hydrogens is 456 g/mol. The maximum absolute atomic E-state index is 12.2. The quantitative estimate of drug-likeness (QED) is 0.337. The van der Waals surface area contributed by atoms with Crippen molar-refractivity contribution in [3.8, 4) is 5.75 Å². The molecule has 0 aliphatic rings. The zero-order chi connectivity index (χ0) is 20.8. The number of ether oxygens (including phenoxy) is 1. The van der Waals surface area contributed by atoms with E-state index in [0.29, 0.717) is 17.5 Å². The molecule has 0 saturated heterocycles. The first kappa shape index (κ1) is 21.0. The van der Waals surface area contributed by atoms with E-state index >= 15 is 0 Å². The van der Waals surface area contributed by atoms with Crippen molar-refractivity contribution in [2.45, 2.75) is 18.6 Å². The number of hydrogen-bond donors (Lipinski definition) is 3. The Balaban J connectivity index is 1.52. The van der Waals surface area contributed by atoms with Crippen molar-refractivity contribution < 1.29 is 9.53 Å². The lowest BCUT2D eigenvalue weighted by Crippen LogP contribution is -2.18. The van der Waals surface area contributed by atoms with Crippen molar-refractivity contribution in [1.82, 2.24) is 14.9 Å². The van der Waals surface area contributed by atoms with Crippen LogP contribution in [0.25, 0.3) is 0 Å². The molecule has 29 heavy (non-hydrogen) atoms. The molecule has 0 spiro atoms. The number of aryl methyl sites for hydroxylation is 1. The van der Waals surface area contributed by atoms with E-state index in [1.54, 1.807) is 7.11 Å². The number of amides is 1. The Morgan fingerprint density at radius 1 is 1.24 bits per heavy atom. The monoisotopic (exact) mass is 476 g/mol. The van der Waals surface area contributed by atoms with Gasteiger partial charge in [0.1, 0.15) is 5.75 Å². The third-order valence-corrected chi connectivity index (χ3v) is 5.61. The molecule has 3 aromatic rings. The zero-order valence-electron chi connectivity index (χ0n) is 16.0. The zero-order valence-corrected chi connectivity index (χ0v) is 18.4. The van der Waals surface area contributed by atoms with Crippen molar-refractivity contribution in [3.05, 3.63) is 58.3 Å². The molecule has 1 aromatic heterocycles. The summed E-state index contributed by atoms with van der Waals surface area (Å²) >= 11 is 4.67. The largest absolute Gasteiger partial charge is 0.497 e. The van der Waals surface area contributed by atoms with Gasteiger partial charge in [0, 0.05) is 10.2 Å². The number of methoxy groups -OCH3 is 1. The first-order valence-electron chi connectivity index (χ1n) is 8.72. The number of nitrogen functional groups attached to an aromatic ring is 1. The van der Waals surface area contributed by atoms with Gasteiger partial charge >= 0.3 is 0 Å². The van der Waals surface area contributed by atoms with Crippen LogP contribution >= 0.6 is 27.7 Å². The van der Waals surface area contributed by atoms with Crippen LogP contribution in [0, 0.1) is 6.92 Å². The van der Waals surface area contributed by atoms with Gasteiger partial charge in [-0.2, -0.15) is 0 Å². The van der Waals surface area contributed by atoms with Gasteiger partial charge in [-0.05, 0) is 64.8 Å². The van der Waals surface area contributed by atoms with Gasteiger partial charge in [0.05, 0.1) is 25.1 Å². The number of rotatable bonds is 8. The summed E-state index contributed by atoms with van der Waals surface area (Å²) < 4.78 is 7.36. The molecule has 0 bridgehead atoms. The standard InChI is InChI=1S/C19H21BrN6O2S/c1-12-3-8-16(15(20)9-12)23-18(27)11-29-19-25-24-17(26(19)21)10-22-13-4-6-14(28-2)7-5-13/h3-9,22H,10-11,21H2,1-2H3,(H,23,27). The molecule has 8 nitrogen and oxygen atoms in total. The van der Waals surface area contributed by atoms with Crippen molar-refractivity contribution in [1.29, 1.82) is 0 Å². The predicted octanol–water partition coefficient (Wildman–Crippen LogP) is 3.41. The van der Waals surface area contributed by atoms with Crippen LogP contribution in [0.2, 0.25) is 0 Å².